The van der Waals surface area contributed by atoms with Gasteiger partial charge < -0.3 is 42.9 Å². The quantitative estimate of drug-likeness (QED) is 0.0940. The van der Waals surface area contributed by atoms with Crippen LogP contribution in [-0.2, 0) is 25.6 Å². The van der Waals surface area contributed by atoms with E-state index >= 15 is 0 Å². The molecule has 2 aliphatic rings. The molecule has 13 nitrogen and oxygen atoms in total. The first-order valence-electron chi connectivity index (χ1n) is 16.2. The number of nitrogens with zero attached hydrogens (tertiary/aromatic N) is 1. The summed E-state index contributed by atoms with van der Waals surface area (Å²) in [5.74, 6) is -2.39. The maximum atomic E-state index is 13.3. The average Bonchev–Trinajstić information content (AvgIpc) is 3.06. The first kappa shape index (κ1) is 36.8. The summed E-state index contributed by atoms with van der Waals surface area (Å²) in [6.45, 7) is 1.29. The number of amides is 3. The van der Waals surface area contributed by atoms with Crippen LogP contribution in [-0.4, -0.2) is 102 Å². The fourth-order valence-corrected chi connectivity index (χ4v) is 5.60. The van der Waals surface area contributed by atoms with E-state index in [0.717, 1.165) is 30.4 Å². The standard InChI is InChI=1S/C33H51N7O6/c34-17-8-7-13-26(31(44)40-19-15-33(35,16-20-40)32(45)46)38-29(42)23-37-30(43)27(21-25-11-5-2-6-12-25)39-28(41)22-36-18-14-24-9-3-1-4-10-24/h1,3-5,9-12,26-27,31,36,44H,2,6-8,13-23,34-35H2,(H,37,43)(H,38,42)(H,39,41)(H,45,46)/t26-,27-,31?/m1/s1. The van der Waals surface area contributed by atoms with Crippen molar-refractivity contribution in [3.8, 4) is 0 Å². The van der Waals surface area contributed by atoms with Gasteiger partial charge in [-0.05, 0) is 69.2 Å². The first-order chi connectivity index (χ1) is 22.1. The number of unbranched alkanes of at least 4 members (excludes halogenated alkanes) is 1. The highest BCUT2D eigenvalue weighted by atomic mass is 16.4. The van der Waals surface area contributed by atoms with Gasteiger partial charge in [0.1, 0.15) is 17.8 Å². The Hall–Kier alpha value is -3.62. The molecule has 10 N–H and O–H groups in total. The third-order valence-electron chi connectivity index (χ3n) is 8.47. The summed E-state index contributed by atoms with van der Waals surface area (Å²) < 4.78 is 0. The smallest absolute Gasteiger partial charge is 0.323 e. The summed E-state index contributed by atoms with van der Waals surface area (Å²) in [6.07, 6.45) is 9.90. The Morgan fingerprint density at radius 2 is 1.70 bits per heavy atom. The van der Waals surface area contributed by atoms with E-state index in [1.54, 1.807) is 4.90 Å². The van der Waals surface area contributed by atoms with Crippen molar-refractivity contribution < 1.29 is 29.4 Å². The topological polar surface area (TPSA) is 212 Å². The molecular formula is C33H51N7O6. The van der Waals surface area contributed by atoms with Crippen molar-refractivity contribution >= 4 is 23.7 Å². The maximum absolute atomic E-state index is 13.3. The van der Waals surface area contributed by atoms with Crippen molar-refractivity contribution in [3.05, 3.63) is 59.7 Å². The minimum Gasteiger partial charge on any atom is -0.480 e. The predicted octanol–water partition coefficient (Wildman–Crippen LogP) is -0.104. The molecule has 1 unspecified atom stereocenters. The van der Waals surface area contributed by atoms with E-state index < -0.39 is 41.6 Å². The number of carbonyl (C=O) groups excluding carboxylic acids is 3. The van der Waals surface area contributed by atoms with Crippen LogP contribution in [0.4, 0.5) is 0 Å². The lowest BCUT2D eigenvalue weighted by Gasteiger charge is -2.41. The van der Waals surface area contributed by atoms with E-state index in [4.69, 9.17) is 11.5 Å². The van der Waals surface area contributed by atoms with Crippen molar-refractivity contribution in [2.24, 2.45) is 11.5 Å². The second-order valence-corrected chi connectivity index (χ2v) is 12.1. The number of carboxylic acid groups (broad SMARTS) is 1. The Balaban J connectivity index is 1.54. The third-order valence-corrected chi connectivity index (χ3v) is 8.47. The minimum absolute atomic E-state index is 0.0442. The van der Waals surface area contributed by atoms with Crippen LogP contribution in [0, 0.1) is 0 Å². The van der Waals surface area contributed by atoms with Gasteiger partial charge in [-0.1, -0.05) is 55.0 Å². The zero-order valence-electron chi connectivity index (χ0n) is 26.6. The number of carboxylic acids is 1. The van der Waals surface area contributed by atoms with Crippen molar-refractivity contribution in [1.29, 1.82) is 0 Å². The van der Waals surface area contributed by atoms with Crippen molar-refractivity contribution in [2.45, 2.75) is 81.6 Å². The summed E-state index contributed by atoms with van der Waals surface area (Å²) in [5, 5.41) is 31.9. The van der Waals surface area contributed by atoms with Gasteiger partial charge in [0.25, 0.3) is 0 Å². The molecule has 254 valence electrons. The van der Waals surface area contributed by atoms with Gasteiger partial charge in [0, 0.05) is 19.5 Å². The summed E-state index contributed by atoms with van der Waals surface area (Å²) in [7, 11) is 0. The zero-order valence-corrected chi connectivity index (χ0v) is 26.6. The largest absolute Gasteiger partial charge is 0.480 e. The summed E-state index contributed by atoms with van der Waals surface area (Å²) in [4.78, 5) is 52.3. The van der Waals surface area contributed by atoms with Gasteiger partial charge >= 0.3 is 5.97 Å². The molecular weight excluding hydrogens is 590 g/mol. The van der Waals surface area contributed by atoms with Crippen LogP contribution in [0.25, 0.3) is 0 Å². The fraction of sp³-hybridized carbons (Fsp3) is 0.576. The fourth-order valence-electron chi connectivity index (χ4n) is 5.60. The molecule has 1 aliphatic heterocycles. The Morgan fingerprint density at radius 1 is 0.978 bits per heavy atom. The van der Waals surface area contributed by atoms with Gasteiger partial charge in [-0.3, -0.25) is 24.1 Å². The number of piperidine rings is 1. The van der Waals surface area contributed by atoms with Crippen LogP contribution < -0.4 is 32.7 Å². The number of aliphatic hydroxyl groups excluding tert-OH is 1. The lowest BCUT2D eigenvalue weighted by Crippen LogP contribution is -2.60. The van der Waals surface area contributed by atoms with Crippen LogP contribution in [0.3, 0.4) is 0 Å². The summed E-state index contributed by atoms with van der Waals surface area (Å²) >= 11 is 0. The zero-order chi connectivity index (χ0) is 33.4. The number of rotatable bonds is 19. The molecule has 3 rings (SSSR count). The molecule has 3 amide bonds. The highest BCUT2D eigenvalue weighted by Crippen LogP contribution is 2.23. The second kappa shape index (κ2) is 19.1. The number of hydrogen-bond acceptors (Lipinski definition) is 9. The Morgan fingerprint density at radius 3 is 2.35 bits per heavy atom. The van der Waals surface area contributed by atoms with Crippen LogP contribution in [0.15, 0.2) is 54.1 Å². The molecule has 1 heterocycles. The van der Waals surface area contributed by atoms with Crippen LogP contribution >= 0.6 is 0 Å². The van der Waals surface area contributed by atoms with E-state index in [1.165, 1.54) is 0 Å². The van der Waals surface area contributed by atoms with E-state index in [0.29, 0.717) is 32.4 Å². The number of aliphatic carboxylic acids is 1. The molecule has 3 atom stereocenters. The average molecular weight is 642 g/mol. The lowest BCUT2D eigenvalue weighted by molar-refractivity contribution is -0.147. The van der Waals surface area contributed by atoms with Gasteiger partial charge in [0.2, 0.25) is 17.7 Å². The normalized spacial score (nSPS) is 18.1. The molecule has 1 aromatic rings. The number of allylic oxidation sites excluding steroid dienone is 3. The van der Waals surface area contributed by atoms with Gasteiger partial charge in [-0.2, -0.15) is 0 Å². The maximum Gasteiger partial charge on any atom is 0.323 e. The second-order valence-electron chi connectivity index (χ2n) is 12.1. The van der Waals surface area contributed by atoms with E-state index in [9.17, 15) is 29.4 Å². The predicted molar refractivity (Wildman–Crippen MR) is 175 cm³/mol. The molecule has 1 fully saturated rings. The van der Waals surface area contributed by atoms with E-state index in [1.807, 2.05) is 48.6 Å². The lowest BCUT2D eigenvalue weighted by atomic mass is 9.88. The van der Waals surface area contributed by atoms with Crippen molar-refractivity contribution in [3.63, 3.8) is 0 Å². The molecule has 0 bridgehead atoms. The van der Waals surface area contributed by atoms with Crippen molar-refractivity contribution in [2.75, 3.05) is 39.3 Å². The monoisotopic (exact) mass is 641 g/mol. The number of aliphatic hydroxyl groups is 1. The molecule has 46 heavy (non-hydrogen) atoms. The van der Waals surface area contributed by atoms with Gasteiger partial charge in [-0.15, -0.1) is 0 Å². The number of likely N-dealkylation sites (tertiary alicyclic amines) is 1. The first-order valence-corrected chi connectivity index (χ1v) is 16.2. The van der Waals surface area contributed by atoms with Crippen molar-refractivity contribution in [1.82, 2.24) is 26.2 Å². The van der Waals surface area contributed by atoms with E-state index in [2.05, 4.69) is 21.3 Å². The summed E-state index contributed by atoms with van der Waals surface area (Å²) in [6, 6.07) is 8.38. The van der Waals surface area contributed by atoms with Crippen LogP contribution in [0.1, 0.15) is 56.9 Å². The third kappa shape index (κ3) is 12.3. The molecule has 1 aromatic carbocycles. The highest BCUT2D eigenvalue weighted by Gasteiger charge is 2.40. The number of nitrogens with two attached hydrogens (primary N) is 2. The summed E-state index contributed by atoms with van der Waals surface area (Å²) in [5.41, 5.74) is 12.4. The van der Waals surface area contributed by atoms with Gasteiger partial charge in [-0.25, -0.2) is 0 Å². The number of carbonyl (C=O) groups is 4. The molecule has 0 spiro atoms. The highest BCUT2D eigenvalue weighted by molar-refractivity contribution is 5.91. The van der Waals surface area contributed by atoms with Gasteiger partial charge in [0.05, 0.1) is 19.1 Å². The van der Waals surface area contributed by atoms with Crippen LogP contribution in [0.2, 0.25) is 0 Å². The van der Waals surface area contributed by atoms with Crippen LogP contribution in [0.5, 0.6) is 0 Å². The Bertz CT molecular complexity index is 1200. The SMILES string of the molecule is NCCCC[C@@H](NC(=O)CNC(=O)[C@@H](CC1=CCCC=C1)NC(=O)CNCCc1ccccc1)C(O)N1CCC(N)(C(=O)O)CC1. The number of hydrogen-bond donors (Lipinski definition) is 8. The molecule has 0 aromatic heterocycles. The molecule has 0 saturated carbocycles. The van der Waals surface area contributed by atoms with E-state index in [-0.39, 0.29) is 51.3 Å². The molecule has 13 heteroatoms. The molecule has 1 aliphatic carbocycles. The number of benzene rings is 1. The minimum atomic E-state index is -1.34. The molecule has 1 saturated heterocycles. The van der Waals surface area contributed by atoms with Gasteiger partial charge in [0.15, 0.2) is 0 Å². The molecule has 0 radical (unpaired) electrons. The number of nitrogens with one attached hydrogen (secondary N) is 4. The Labute approximate surface area is 271 Å². The Kier molecular flexibility index (Phi) is 15.3.